The first kappa shape index (κ1) is 16.3. The van der Waals surface area contributed by atoms with Crippen LogP contribution in [-0.2, 0) is 13.6 Å². The second-order valence-electron chi connectivity index (χ2n) is 5.85. The number of fused-ring (bicyclic) bond motifs is 1. The molecule has 122 valence electrons. The van der Waals surface area contributed by atoms with Gasteiger partial charge in [-0.1, -0.05) is 30.3 Å². The number of imidazole rings is 1. The summed E-state index contributed by atoms with van der Waals surface area (Å²) in [5, 5.41) is 8.97. The molecular weight excluding hydrogens is 322 g/mol. The number of para-hydroxylation sites is 1. The number of carbonyl (C=O) groups excluding carboxylic acids is 1. The van der Waals surface area contributed by atoms with Gasteiger partial charge in [-0.05, 0) is 42.8 Å². The Morgan fingerprint density at radius 1 is 1.21 bits per heavy atom. The van der Waals surface area contributed by atoms with Crippen molar-refractivity contribution in [3.05, 3.63) is 70.8 Å². The number of nitrogens with one attached hydrogen (secondary N) is 1. The zero-order chi connectivity index (χ0) is 17.4. The summed E-state index contributed by atoms with van der Waals surface area (Å²) < 4.78 is 3.51. The fourth-order valence-corrected chi connectivity index (χ4v) is 3.00. The van der Waals surface area contributed by atoms with E-state index in [-0.39, 0.29) is 17.9 Å². The Morgan fingerprint density at radius 2 is 1.88 bits per heavy atom. The number of nitrogens with zero attached hydrogens (tertiary/aromatic N) is 2. The van der Waals surface area contributed by atoms with Gasteiger partial charge in [0.1, 0.15) is 0 Å². The number of allylic oxidation sites excluding steroid dienone is 1. The van der Waals surface area contributed by atoms with Crippen LogP contribution in [0.15, 0.2) is 49.0 Å². The fourth-order valence-electron chi connectivity index (χ4n) is 2.88. The van der Waals surface area contributed by atoms with E-state index in [2.05, 4.69) is 6.58 Å². The lowest BCUT2D eigenvalue weighted by Gasteiger charge is -2.06. The van der Waals surface area contributed by atoms with Gasteiger partial charge in [-0.25, -0.2) is 0 Å². The first-order valence-electron chi connectivity index (χ1n) is 7.57. The fraction of sp³-hybridized carbons (Fsp3) is 0.158. The largest absolute Gasteiger partial charge is 0.313 e. The van der Waals surface area contributed by atoms with Crippen LogP contribution in [0, 0.1) is 5.41 Å². The number of aryl methyl sites for hydroxylation is 1. The maximum atomic E-state index is 12.6. The molecule has 24 heavy (non-hydrogen) atoms. The predicted octanol–water partition coefficient (Wildman–Crippen LogP) is 4.03. The zero-order valence-corrected chi connectivity index (χ0v) is 14.4. The molecule has 0 radical (unpaired) electrons. The van der Waals surface area contributed by atoms with Crippen molar-refractivity contribution in [1.82, 2.24) is 9.13 Å². The average molecular weight is 340 g/mol. The van der Waals surface area contributed by atoms with Crippen LogP contribution in [0.4, 0.5) is 0 Å². The third-order valence-electron chi connectivity index (χ3n) is 4.14. The van der Waals surface area contributed by atoms with Crippen molar-refractivity contribution in [1.29, 1.82) is 5.41 Å². The number of hydrogen-bond acceptors (Lipinski definition) is 2. The van der Waals surface area contributed by atoms with Gasteiger partial charge in [0.05, 0.1) is 17.6 Å². The van der Waals surface area contributed by atoms with Crippen molar-refractivity contribution < 1.29 is 4.79 Å². The van der Waals surface area contributed by atoms with Crippen molar-refractivity contribution in [2.45, 2.75) is 13.5 Å². The molecule has 0 aliphatic heterocycles. The van der Waals surface area contributed by atoms with Gasteiger partial charge in [0.25, 0.3) is 0 Å². The maximum absolute atomic E-state index is 12.6. The van der Waals surface area contributed by atoms with E-state index in [4.69, 9.17) is 17.0 Å². The molecule has 0 unspecified atom stereocenters. The van der Waals surface area contributed by atoms with E-state index in [9.17, 15) is 4.79 Å². The van der Waals surface area contributed by atoms with E-state index in [1.54, 1.807) is 33.4 Å². The van der Waals surface area contributed by atoms with Crippen LogP contribution < -0.4 is 5.62 Å². The second kappa shape index (κ2) is 6.13. The first-order valence-corrected chi connectivity index (χ1v) is 7.95. The van der Waals surface area contributed by atoms with Crippen LogP contribution in [0.3, 0.4) is 0 Å². The molecule has 0 saturated heterocycles. The molecule has 5 heteroatoms. The van der Waals surface area contributed by atoms with E-state index in [1.165, 1.54) is 0 Å². The van der Waals surface area contributed by atoms with Gasteiger partial charge in [-0.15, -0.1) is 0 Å². The lowest BCUT2D eigenvalue weighted by atomic mass is 10.1. The molecule has 1 heterocycles. The van der Waals surface area contributed by atoms with E-state index >= 15 is 0 Å². The molecule has 0 bridgehead atoms. The Bertz CT molecular complexity index is 1010. The van der Waals surface area contributed by atoms with Crippen LogP contribution >= 0.6 is 11.6 Å². The molecular formula is C19H18ClN3O. The van der Waals surface area contributed by atoms with Crippen LogP contribution in [0.2, 0.25) is 5.02 Å². The highest BCUT2D eigenvalue weighted by molar-refractivity contribution is 6.30. The number of rotatable bonds is 4. The van der Waals surface area contributed by atoms with Crippen molar-refractivity contribution in [2.75, 3.05) is 0 Å². The average Bonchev–Trinajstić information content (AvgIpc) is 2.80. The van der Waals surface area contributed by atoms with Crippen LogP contribution in [0.5, 0.6) is 0 Å². The Morgan fingerprint density at radius 3 is 2.50 bits per heavy atom. The number of aromatic nitrogens is 2. The quantitative estimate of drug-likeness (QED) is 0.717. The van der Waals surface area contributed by atoms with Gasteiger partial charge in [0.15, 0.2) is 5.78 Å². The zero-order valence-electron chi connectivity index (χ0n) is 13.6. The second-order valence-corrected chi connectivity index (χ2v) is 6.29. The highest BCUT2D eigenvalue weighted by atomic mass is 35.5. The molecule has 0 amide bonds. The lowest BCUT2D eigenvalue weighted by Crippen LogP contribution is -2.25. The summed E-state index contributed by atoms with van der Waals surface area (Å²) in [7, 11) is 1.83. The summed E-state index contributed by atoms with van der Waals surface area (Å²) >= 11 is 5.87. The minimum atomic E-state index is -0.0570. The smallest absolute Gasteiger partial charge is 0.203 e. The van der Waals surface area contributed by atoms with Crippen LogP contribution in [-0.4, -0.2) is 14.9 Å². The molecule has 3 aromatic rings. The van der Waals surface area contributed by atoms with Crippen LogP contribution in [0.25, 0.3) is 16.6 Å². The summed E-state index contributed by atoms with van der Waals surface area (Å²) in [6.45, 7) is 6.06. The van der Waals surface area contributed by atoms with Crippen LogP contribution in [0.1, 0.15) is 22.8 Å². The topological polar surface area (TPSA) is 50.8 Å². The Labute approximate surface area is 145 Å². The number of hydrogen-bond donors (Lipinski definition) is 1. The summed E-state index contributed by atoms with van der Waals surface area (Å²) in [6, 6.07) is 12.6. The Kier molecular flexibility index (Phi) is 4.16. The maximum Gasteiger partial charge on any atom is 0.203 e. The van der Waals surface area contributed by atoms with Gasteiger partial charge >= 0.3 is 0 Å². The lowest BCUT2D eigenvalue weighted by molar-refractivity contribution is 0.0971. The van der Waals surface area contributed by atoms with Gasteiger partial charge in [0.2, 0.25) is 5.62 Å². The summed E-state index contributed by atoms with van der Waals surface area (Å²) in [5.74, 6) is -0.0570. The molecule has 2 aromatic carbocycles. The highest BCUT2D eigenvalue weighted by Crippen LogP contribution is 2.23. The van der Waals surface area contributed by atoms with Gasteiger partial charge in [-0.3, -0.25) is 10.2 Å². The van der Waals surface area contributed by atoms with Gasteiger partial charge < -0.3 is 9.13 Å². The first-order chi connectivity index (χ1) is 11.4. The van der Waals surface area contributed by atoms with Crippen molar-refractivity contribution in [2.24, 2.45) is 7.05 Å². The van der Waals surface area contributed by atoms with E-state index in [1.807, 2.05) is 32.2 Å². The summed E-state index contributed by atoms with van der Waals surface area (Å²) in [4.78, 5) is 12.6. The third-order valence-corrected chi connectivity index (χ3v) is 4.39. The molecule has 4 nitrogen and oxygen atoms in total. The van der Waals surface area contributed by atoms with Gasteiger partial charge in [0, 0.05) is 23.2 Å². The highest BCUT2D eigenvalue weighted by Gasteiger charge is 2.15. The minimum absolute atomic E-state index is 0.0570. The summed E-state index contributed by atoms with van der Waals surface area (Å²) in [6.07, 6.45) is 0. The van der Waals surface area contributed by atoms with E-state index < -0.39 is 0 Å². The molecule has 1 aromatic heterocycles. The molecule has 3 rings (SSSR count). The number of ketones is 1. The summed E-state index contributed by atoms with van der Waals surface area (Å²) in [5.41, 5.74) is 4.54. The SMILES string of the molecule is C=C(C)c1cccc2c1n(C)c(=N)n2CC(=O)c1ccc(Cl)cc1. The van der Waals surface area contributed by atoms with Crippen molar-refractivity contribution in [3.63, 3.8) is 0 Å². The van der Waals surface area contributed by atoms with E-state index in [0.29, 0.717) is 10.6 Å². The number of halogens is 1. The Balaban J connectivity index is 2.10. The normalized spacial score (nSPS) is 11.0. The van der Waals surface area contributed by atoms with Crippen molar-refractivity contribution >= 4 is 34.0 Å². The molecule has 0 aliphatic rings. The Hall–Kier alpha value is -2.59. The monoisotopic (exact) mass is 339 g/mol. The third kappa shape index (κ3) is 2.69. The molecule has 1 N–H and O–H groups in total. The van der Waals surface area contributed by atoms with Gasteiger partial charge in [-0.2, -0.15) is 0 Å². The number of carbonyl (C=O) groups is 1. The number of benzene rings is 2. The standard InChI is InChI=1S/C19H18ClN3O/c1-12(2)15-5-4-6-16-18(15)22(3)19(21)23(16)11-17(24)13-7-9-14(20)10-8-13/h4-10,21H,1,11H2,2-3H3. The molecule has 0 spiro atoms. The van der Waals surface area contributed by atoms with E-state index in [0.717, 1.165) is 22.2 Å². The molecule has 0 saturated carbocycles. The molecule has 0 atom stereocenters. The molecule has 0 fully saturated rings. The predicted molar refractivity (Wildman–Crippen MR) is 97.3 cm³/mol. The molecule has 0 aliphatic carbocycles. The van der Waals surface area contributed by atoms with Crippen molar-refractivity contribution in [3.8, 4) is 0 Å². The minimum Gasteiger partial charge on any atom is -0.313 e. The number of Topliss-reactive ketones (excluding diaryl/α,β-unsaturated/α-hetero) is 1.